The SMILES string of the molecule is Cc1cc(C)c(C(C)Nc2ccc(N(C)C)cc2)cc1C. The number of anilines is 2. The second kappa shape index (κ2) is 6.21. The van der Waals surface area contributed by atoms with Crippen molar-refractivity contribution in [2.24, 2.45) is 0 Å². The average Bonchev–Trinajstić information content (AvgIpc) is 2.43. The summed E-state index contributed by atoms with van der Waals surface area (Å²) in [6.45, 7) is 8.76. The predicted molar refractivity (Wildman–Crippen MR) is 93.5 cm³/mol. The smallest absolute Gasteiger partial charge is 0.0488 e. The highest BCUT2D eigenvalue weighted by atomic mass is 15.1. The molecule has 0 radical (unpaired) electrons. The normalized spacial score (nSPS) is 12.1. The second-order valence-electron chi connectivity index (χ2n) is 6.10. The van der Waals surface area contributed by atoms with Gasteiger partial charge in [0.2, 0.25) is 0 Å². The molecule has 0 saturated heterocycles. The summed E-state index contributed by atoms with van der Waals surface area (Å²) in [6.07, 6.45) is 0. The van der Waals surface area contributed by atoms with Crippen molar-refractivity contribution in [3.63, 3.8) is 0 Å². The third-order valence-electron chi connectivity index (χ3n) is 4.12. The molecule has 0 aliphatic carbocycles. The van der Waals surface area contributed by atoms with Gasteiger partial charge < -0.3 is 10.2 Å². The van der Waals surface area contributed by atoms with Crippen molar-refractivity contribution in [1.82, 2.24) is 0 Å². The molecule has 2 aromatic rings. The van der Waals surface area contributed by atoms with Gasteiger partial charge in [0.25, 0.3) is 0 Å². The minimum absolute atomic E-state index is 0.300. The van der Waals surface area contributed by atoms with E-state index < -0.39 is 0 Å². The summed E-state index contributed by atoms with van der Waals surface area (Å²) < 4.78 is 0. The van der Waals surface area contributed by atoms with E-state index in [4.69, 9.17) is 0 Å². The highest BCUT2D eigenvalue weighted by Gasteiger charge is 2.10. The van der Waals surface area contributed by atoms with Crippen LogP contribution in [0.3, 0.4) is 0 Å². The molecular formula is C19H26N2. The molecule has 2 aromatic carbocycles. The summed E-state index contributed by atoms with van der Waals surface area (Å²) in [7, 11) is 4.12. The van der Waals surface area contributed by atoms with Gasteiger partial charge in [-0.2, -0.15) is 0 Å². The summed E-state index contributed by atoms with van der Waals surface area (Å²) >= 11 is 0. The van der Waals surface area contributed by atoms with Crippen molar-refractivity contribution in [2.75, 3.05) is 24.3 Å². The zero-order valence-corrected chi connectivity index (χ0v) is 14.0. The van der Waals surface area contributed by atoms with Crippen molar-refractivity contribution in [3.8, 4) is 0 Å². The van der Waals surface area contributed by atoms with Gasteiger partial charge in [-0.05, 0) is 74.2 Å². The lowest BCUT2D eigenvalue weighted by molar-refractivity contribution is 0.870. The van der Waals surface area contributed by atoms with Gasteiger partial charge in [0, 0.05) is 31.5 Å². The molecule has 0 aliphatic rings. The van der Waals surface area contributed by atoms with E-state index in [0.29, 0.717) is 6.04 Å². The maximum absolute atomic E-state index is 3.59. The van der Waals surface area contributed by atoms with Crippen molar-refractivity contribution in [3.05, 3.63) is 58.7 Å². The summed E-state index contributed by atoms with van der Waals surface area (Å²) in [5, 5.41) is 3.59. The minimum atomic E-state index is 0.300. The van der Waals surface area contributed by atoms with Crippen molar-refractivity contribution in [2.45, 2.75) is 33.7 Å². The fourth-order valence-corrected chi connectivity index (χ4v) is 2.63. The first-order valence-electron chi connectivity index (χ1n) is 7.50. The molecule has 1 atom stereocenters. The standard InChI is InChI=1S/C19H26N2/c1-13-11-15(3)19(12-14(13)2)16(4)20-17-7-9-18(10-8-17)21(5)6/h7-12,16,20H,1-6H3. The lowest BCUT2D eigenvalue weighted by atomic mass is 9.96. The molecule has 0 fully saturated rings. The Hall–Kier alpha value is -1.96. The Morgan fingerprint density at radius 3 is 2.00 bits per heavy atom. The Bertz CT molecular complexity index is 612. The Labute approximate surface area is 128 Å². The predicted octanol–water partition coefficient (Wildman–Crippen LogP) is 4.85. The first-order valence-corrected chi connectivity index (χ1v) is 7.50. The lowest BCUT2D eigenvalue weighted by Gasteiger charge is -2.20. The summed E-state index contributed by atoms with van der Waals surface area (Å²) in [5.41, 5.74) is 7.81. The van der Waals surface area contributed by atoms with E-state index in [9.17, 15) is 0 Å². The molecule has 1 unspecified atom stereocenters. The molecule has 0 amide bonds. The summed E-state index contributed by atoms with van der Waals surface area (Å²) in [4.78, 5) is 2.11. The van der Waals surface area contributed by atoms with E-state index in [1.807, 2.05) is 0 Å². The van der Waals surface area contributed by atoms with Crippen molar-refractivity contribution < 1.29 is 0 Å². The van der Waals surface area contributed by atoms with Crippen LogP contribution in [0.25, 0.3) is 0 Å². The van der Waals surface area contributed by atoms with Crippen LogP contribution in [0.4, 0.5) is 11.4 Å². The van der Waals surface area contributed by atoms with E-state index in [1.54, 1.807) is 0 Å². The number of hydrogen-bond acceptors (Lipinski definition) is 2. The fourth-order valence-electron chi connectivity index (χ4n) is 2.63. The van der Waals surface area contributed by atoms with E-state index >= 15 is 0 Å². The lowest BCUT2D eigenvalue weighted by Crippen LogP contribution is -2.10. The second-order valence-corrected chi connectivity index (χ2v) is 6.10. The number of hydrogen-bond donors (Lipinski definition) is 1. The van der Waals surface area contributed by atoms with Crippen LogP contribution in [0.5, 0.6) is 0 Å². The van der Waals surface area contributed by atoms with Crippen LogP contribution >= 0.6 is 0 Å². The number of nitrogens with zero attached hydrogens (tertiary/aromatic N) is 1. The van der Waals surface area contributed by atoms with Gasteiger partial charge in [-0.1, -0.05) is 12.1 Å². The maximum Gasteiger partial charge on any atom is 0.0488 e. The summed E-state index contributed by atoms with van der Waals surface area (Å²) in [5.74, 6) is 0. The summed E-state index contributed by atoms with van der Waals surface area (Å²) in [6, 6.07) is 13.4. The molecule has 2 rings (SSSR count). The van der Waals surface area contributed by atoms with Gasteiger partial charge >= 0.3 is 0 Å². The zero-order valence-electron chi connectivity index (χ0n) is 14.0. The first-order chi connectivity index (χ1) is 9.88. The fraction of sp³-hybridized carbons (Fsp3) is 0.368. The highest BCUT2D eigenvalue weighted by molar-refractivity contribution is 5.55. The third-order valence-corrected chi connectivity index (χ3v) is 4.12. The quantitative estimate of drug-likeness (QED) is 0.862. The molecule has 0 aliphatic heterocycles. The van der Waals surface area contributed by atoms with Crippen LogP contribution in [0, 0.1) is 20.8 Å². The number of rotatable bonds is 4. The molecule has 21 heavy (non-hydrogen) atoms. The molecule has 1 N–H and O–H groups in total. The van der Waals surface area contributed by atoms with Crippen molar-refractivity contribution in [1.29, 1.82) is 0 Å². The minimum Gasteiger partial charge on any atom is -0.379 e. The van der Waals surface area contributed by atoms with E-state index in [1.165, 1.54) is 27.9 Å². The average molecular weight is 282 g/mol. The van der Waals surface area contributed by atoms with Gasteiger partial charge in [0.15, 0.2) is 0 Å². The largest absolute Gasteiger partial charge is 0.379 e. The van der Waals surface area contributed by atoms with Crippen LogP contribution in [-0.2, 0) is 0 Å². The Kier molecular flexibility index (Phi) is 4.56. The van der Waals surface area contributed by atoms with E-state index in [-0.39, 0.29) is 0 Å². The zero-order chi connectivity index (χ0) is 15.6. The van der Waals surface area contributed by atoms with Crippen LogP contribution in [-0.4, -0.2) is 14.1 Å². The molecule has 0 bridgehead atoms. The molecule has 0 heterocycles. The topological polar surface area (TPSA) is 15.3 Å². The van der Waals surface area contributed by atoms with Gasteiger partial charge in [0.05, 0.1) is 0 Å². The van der Waals surface area contributed by atoms with Gasteiger partial charge in [-0.3, -0.25) is 0 Å². The Morgan fingerprint density at radius 2 is 1.43 bits per heavy atom. The van der Waals surface area contributed by atoms with Crippen LogP contribution < -0.4 is 10.2 Å². The highest BCUT2D eigenvalue weighted by Crippen LogP contribution is 2.25. The van der Waals surface area contributed by atoms with E-state index in [2.05, 4.69) is 88.4 Å². The number of aryl methyl sites for hydroxylation is 3. The molecule has 112 valence electrons. The number of nitrogens with one attached hydrogen (secondary N) is 1. The van der Waals surface area contributed by atoms with Crippen LogP contribution in [0.1, 0.15) is 35.2 Å². The van der Waals surface area contributed by atoms with Gasteiger partial charge in [-0.15, -0.1) is 0 Å². The van der Waals surface area contributed by atoms with Crippen LogP contribution in [0.2, 0.25) is 0 Å². The Balaban J connectivity index is 2.17. The monoisotopic (exact) mass is 282 g/mol. The molecular weight excluding hydrogens is 256 g/mol. The van der Waals surface area contributed by atoms with E-state index in [0.717, 1.165) is 5.69 Å². The van der Waals surface area contributed by atoms with Crippen molar-refractivity contribution >= 4 is 11.4 Å². The molecule has 2 heteroatoms. The molecule has 0 saturated carbocycles. The Morgan fingerprint density at radius 1 is 0.857 bits per heavy atom. The van der Waals surface area contributed by atoms with Gasteiger partial charge in [-0.25, -0.2) is 0 Å². The molecule has 0 spiro atoms. The first kappa shape index (κ1) is 15.4. The van der Waals surface area contributed by atoms with Crippen LogP contribution in [0.15, 0.2) is 36.4 Å². The number of benzene rings is 2. The third kappa shape index (κ3) is 3.57. The van der Waals surface area contributed by atoms with Gasteiger partial charge in [0.1, 0.15) is 0 Å². The molecule has 0 aromatic heterocycles. The molecule has 2 nitrogen and oxygen atoms in total. The maximum atomic E-state index is 3.59.